The topological polar surface area (TPSA) is 51.5 Å². The molecule has 1 N–H and O–H groups in total. The van der Waals surface area contributed by atoms with E-state index in [2.05, 4.69) is 18.4 Å². The molecule has 0 aliphatic rings. The maximum absolute atomic E-state index is 11.4. The van der Waals surface area contributed by atoms with Crippen molar-refractivity contribution in [3.8, 4) is 16.9 Å². The van der Waals surface area contributed by atoms with Gasteiger partial charge in [-0.25, -0.2) is 4.79 Å². The van der Waals surface area contributed by atoms with Gasteiger partial charge in [-0.3, -0.25) is 0 Å². The van der Waals surface area contributed by atoms with Crippen LogP contribution in [-0.2, 0) is 11.3 Å². The fourth-order valence-corrected chi connectivity index (χ4v) is 3.48. The van der Waals surface area contributed by atoms with Gasteiger partial charge in [0.25, 0.3) is 0 Å². The van der Waals surface area contributed by atoms with Crippen molar-refractivity contribution >= 4 is 28.5 Å². The summed E-state index contributed by atoms with van der Waals surface area (Å²) in [6.07, 6.45) is 1.02. The highest BCUT2D eigenvalue weighted by Crippen LogP contribution is 2.37. The predicted molar refractivity (Wildman–Crippen MR) is 110 cm³/mol. The van der Waals surface area contributed by atoms with Crippen LogP contribution in [-0.4, -0.2) is 21.2 Å². The second kappa shape index (κ2) is 7.28. The van der Waals surface area contributed by atoms with E-state index in [1.807, 2.05) is 42.5 Å². The van der Waals surface area contributed by atoms with Crippen LogP contribution in [0.3, 0.4) is 0 Å². The minimum atomic E-state index is -1.30. The first kappa shape index (κ1) is 19.3. The van der Waals surface area contributed by atoms with Crippen LogP contribution < -0.4 is 4.74 Å². The molecule has 0 spiro atoms. The van der Waals surface area contributed by atoms with Crippen LogP contribution in [0.25, 0.3) is 22.0 Å². The Bertz CT molecular complexity index is 987. The number of nitrogens with zero attached hydrogens (tertiary/aromatic N) is 1. The van der Waals surface area contributed by atoms with Gasteiger partial charge in [-0.15, -0.1) is 0 Å². The molecule has 0 aliphatic carbocycles. The molecule has 0 atom stereocenters. The first-order valence-corrected chi connectivity index (χ1v) is 9.43. The standard InChI is InChI=1S/C22H24ClNO3/c1-5-12-24-14(2)20(15-6-8-16(23)9-7-15)18-13-17(10-11-19(18)24)27-22(3,4)21(25)26/h6-11,13H,5,12H2,1-4H3,(H,25,26). The zero-order valence-electron chi connectivity index (χ0n) is 16.0. The normalized spacial score (nSPS) is 11.7. The number of carbonyl (C=O) groups is 1. The Balaban J connectivity index is 2.20. The van der Waals surface area contributed by atoms with Crippen LogP contribution in [0.4, 0.5) is 0 Å². The van der Waals surface area contributed by atoms with E-state index in [0.29, 0.717) is 10.8 Å². The fourth-order valence-electron chi connectivity index (χ4n) is 3.36. The van der Waals surface area contributed by atoms with Gasteiger partial charge in [-0.1, -0.05) is 30.7 Å². The minimum Gasteiger partial charge on any atom is -0.478 e. The molecule has 0 unspecified atom stereocenters. The van der Waals surface area contributed by atoms with Gasteiger partial charge in [0.1, 0.15) is 5.75 Å². The highest BCUT2D eigenvalue weighted by Gasteiger charge is 2.29. The lowest BCUT2D eigenvalue weighted by Crippen LogP contribution is -2.37. The number of rotatable bonds is 6. The van der Waals surface area contributed by atoms with Crippen molar-refractivity contribution in [3.63, 3.8) is 0 Å². The summed E-state index contributed by atoms with van der Waals surface area (Å²) in [7, 11) is 0. The van der Waals surface area contributed by atoms with E-state index >= 15 is 0 Å². The largest absolute Gasteiger partial charge is 0.478 e. The fraction of sp³-hybridized carbons (Fsp3) is 0.318. The van der Waals surface area contributed by atoms with Crippen LogP contribution in [0.1, 0.15) is 32.9 Å². The number of fused-ring (bicyclic) bond motifs is 1. The Morgan fingerprint density at radius 1 is 1.19 bits per heavy atom. The number of benzene rings is 2. The number of aryl methyl sites for hydroxylation is 1. The summed E-state index contributed by atoms with van der Waals surface area (Å²) in [4.78, 5) is 11.4. The van der Waals surface area contributed by atoms with Gasteiger partial charge in [0.2, 0.25) is 0 Å². The van der Waals surface area contributed by atoms with E-state index in [9.17, 15) is 9.90 Å². The quantitative estimate of drug-likeness (QED) is 0.572. The lowest BCUT2D eigenvalue weighted by molar-refractivity contribution is -0.152. The van der Waals surface area contributed by atoms with E-state index in [4.69, 9.17) is 16.3 Å². The zero-order valence-corrected chi connectivity index (χ0v) is 16.8. The molecule has 0 bridgehead atoms. The molecule has 1 aromatic heterocycles. The molecule has 5 heteroatoms. The summed E-state index contributed by atoms with van der Waals surface area (Å²) in [5, 5.41) is 11.1. The van der Waals surface area contributed by atoms with Gasteiger partial charge in [-0.2, -0.15) is 0 Å². The third kappa shape index (κ3) is 3.67. The summed E-state index contributed by atoms with van der Waals surface area (Å²) >= 11 is 6.06. The van der Waals surface area contributed by atoms with Crippen LogP contribution >= 0.6 is 11.6 Å². The number of carboxylic acid groups (broad SMARTS) is 1. The third-order valence-electron chi connectivity index (χ3n) is 4.76. The smallest absolute Gasteiger partial charge is 0.347 e. The zero-order chi connectivity index (χ0) is 19.8. The van der Waals surface area contributed by atoms with Crippen molar-refractivity contribution in [1.82, 2.24) is 4.57 Å². The van der Waals surface area contributed by atoms with Gasteiger partial charge in [0.15, 0.2) is 5.60 Å². The molecule has 0 saturated heterocycles. The van der Waals surface area contributed by atoms with E-state index in [1.54, 1.807) is 13.8 Å². The predicted octanol–water partition coefficient (Wildman–Crippen LogP) is 5.92. The molecule has 142 valence electrons. The van der Waals surface area contributed by atoms with Gasteiger partial charge in [-0.05, 0) is 63.1 Å². The van der Waals surface area contributed by atoms with Crippen LogP contribution in [0.2, 0.25) is 5.02 Å². The summed E-state index contributed by atoms with van der Waals surface area (Å²) in [6.45, 7) is 8.28. The molecule has 0 radical (unpaired) electrons. The molecule has 0 saturated carbocycles. The summed E-state index contributed by atoms with van der Waals surface area (Å²) in [5.41, 5.74) is 3.18. The molecule has 0 amide bonds. The average Bonchev–Trinajstić information content (AvgIpc) is 2.87. The van der Waals surface area contributed by atoms with E-state index in [1.165, 1.54) is 5.69 Å². The molecule has 0 aliphatic heterocycles. The minimum absolute atomic E-state index is 0.541. The van der Waals surface area contributed by atoms with Gasteiger partial charge in [0.05, 0.1) is 0 Å². The molecule has 0 fully saturated rings. The maximum Gasteiger partial charge on any atom is 0.347 e. The summed E-state index contributed by atoms with van der Waals surface area (Å²) in [5.74, 6) is -0.459. The van der Waals surface area contributed by atoms with E-state index in [0.717, 1.165) is 35.0 Å². The number of aromatic nitrogens is 1. The Labute approximate surface area is 164 Å². The van der Waals surface area contributed by atoms with E-state index in [-0.39, 0.29) is 0 Å². The van der Waals surface area contributed by atoms with Crippen molar-refractivity contribution < 1.29 is 14.6 Å². The average molecular weight is 386 g/mol. The summed E-state index contributed by atoms with van der Waals surface area (Å²) in [6, 6.07) is 13.6. The van der Waals surface area contributed by atoms with Crippen molar-refractivity contribution in [2.75, 3.05) is 0 Å². The number of hydrogen-bond acceptors (Lipinski definition) is 2. The lowest BCUT2D eigenvalue weighted by atomic mass is 10.0. The molecule has 1 heterocycles. The second-order valence-corrected chi connectivity index (χ2v) is 7.65. The molecule has 4 nitrogen and oxygen atoms in total. The molecule has 2 aromatic carbocycles. The Morgan fingerprint density at radius 2 is 1.85 bits per heavy atom. The lowest BCUT2D eigenvalue weighted by Gasteiger charge is -2.21. The molecule has 3 rings (SSSR count). The maximum atomic E-state index is 11.4. The number of halogens is 1. The first-order valence-electron chi connectivity index (χ1n) is 9.05. The van der Waals surface area contributed by atoms with Crippen molar-refractivity contribution in [3.05, 3.63) is 53.2 Å². The molecule has 3 aromatic rings. The van der Waals surface area contributed by atoms with Crippen LogP contribution in [0, 0.1) is 6.92 Å². The van der Waals surface area contributed by atoms with Crippen molar-refractivity contribution in [2.45, 2.75) is 46.3 Å². The highest BCUT2D eigenvalue weighted by atomic mass is 35.5. The Kier molecular flexibility index (Phi) is 5.20. The number of hydrogen-bond donors (Lipinski definition) is 1. The first-order chi connectivity index (χ1) is 12.7. The molecular weight excluding hydrogens is 362 g/mol. The Morgan fingerprint density at radius 3 is 2.44 bits per heavy atom. The van der Waals surface area contributed by atoms with Crippen LogP contribution in [0.15, 0.2) is 42.5 Å². The summed E-state index contributed by atoms with van der Waals surface area (Å²) < 4.78 is 8.06. The van der Waals surface area contributed by atoms with Crippen LogP contribution in [0.5, 0.6) is 5.75 Å². The number of aliphatic carboxylic acids is 1. The van der Waals surface area contributed by atoms with Gasteiger partial charge >= 0.3 is 5.97 Å². The van der Waals surface area contributed by atoms with E-state index < -0.39 is 11.6 Å². The Hall–Kier alpha value is -2.46. The SMILES string of the molecule is CCCn1c(C)c(-c2ccc(Cl)cc2)c2cc(OC(C)(C)C(=O)O)ccc21. The van der Waals surface area contributed by atoms with Crippen molar-refractivity contribution in [2.24, 2.45) is 0 Å². The second-order valence-electron chi connectivity index (χ2n) is 7.22. The number of ether oxygens (including phenoxy) is 1. The number of carboxylic acids is 1. The highest BCUT2D eigenvalue weighted by molar-refractivity contribution is 6.30. The molecular formula is C22H24ClNO3. The molecule has 27 heavy (non-hydrogen) atoms. The van der Waals surface area contributed by atoms with Gasteiger partial charge < -0.3 is 14.4 Å². The van der Waals surface area contributed by atoms with Gasteiger partial charge in [0, 0.05) is 33.7 Å². The third-order valence-corrected chi connectivity index (χ3v) is 5.01. The van der Waals surface area contributed by atoms with Crippen molar-refractivity contribution in [1.29, 1.82) is 0 Å². The monoisotopic (exact) mass is 385 g/mol.